The number of aromatic amines is 1. The van der Waals surface area contributed by atoms with Crippen LogP contribution in [0.15, 0.2) is 41.2 Å². The zero-order valence-corrected chi connectivity index (χ0v) is 9.48. The van der Waals surface area contributed by atoms with Gasteiger partial charge < -0.3 is 4.52 Å². The van der Waals surface area contributed by atoms with Gasteiger partial charge in [-0.05, 0) is 12.1 Å². The number of hydrogen-bond donors (Lipinski definition) is 1. The van der Waals surface area contributed by atoms with E-state index in [-0.39, 0.29) is 5.69 Å². The van der Waals surface area contributed by atoms with Crippen molar-refractivity contribution in [3.8, 4) is 22.8 Å². The molecule has 0 radical (unpaired) electrons. The van der Waals surface area contributed by atoms with Crippen LogP contribution in [0.3, 0.4) is 0 Å². The second-order valence-corrected chi connectivity index (χ2v) is 3.71. The molecule has 94 valence electrons. The number of nitrogens with zero attached hydrogens (tertiary/aromatic N) is 4. The van der Waals surface area contributed by atoms with Crippen LogP contribution in [0.5, 0.6) is 0 Å². The lowest BCUT2D eigenvalue weighted by atomic mass is 10.2. The van der Waals surface area contributed by atoms with Crippen molar-refractivity contribution in [2.45, 2.75) is 0 Å². The normalized spacial score (nSPS) is 10.5. The highest BCUT2D eigenvalue weighted by atomic mass is 16.6. The molecule has 0 saturated carbocycles. The number of nitro groups is 1. The predicted octanol–water partition coefficient (Wildman–Crippen LogP) is 2.03. The van der Waals surface area contributed by atoms with Crippen molar-refractivity contribution in [3.63, 3.8) is 0 Å². The highest BCUT2D eigenvalue weighted by molar-refractivity contribution is 5.60. The standard InChI is InChI=1S/C11H7N5O3/c17-16(18)9-3-1-7(2-4-9)10-14-11(19-15-10)8-5-12-13-6-8/h1-6H,(H,12,13). The highest BCUT2D eigenvalue weighted by Gasteiger charge is 2.12. The van der Waals surface area contributed by atoms with Crippen molar-refractivity contribution in [3.05, 3.63) is 46.8 Å². The van der Waals surface area contributed by atoms with Crippen LogP contribution in [0.2, 0.25) is 0 Å². The molecule has 19 heavy (non-hydrogen) atoms. The molecule has 3 aromatic rings. The third kappa shape index (κ3) is 2.06. The molecule has 0 aliphatic carbocycles. The fourth-order valence-electron chi connectivity index (χ4n) is 1.56. The van der Waals surface area contributed by atoms with Gasteiger partial charge in [0.15, 0.2) is 0 Å². The Morgan fingerprint density at radius 1 is 1.21 bits per heavy atom. The quantitative estimate of drug-likeness (QED) is 0.567. The number of nitro benzene ring substituents is 1. The van der Waals surface area contributed by atoms with Crippen LogP contribution in [0.25, 0.3) is 22.8 Å². The van der Waals surface area contributed by atoms with Crippen LogP contribution in [-0.2, 0) is 0 Å². The first-order valence-electron chi connectivity index (χ1n) is 5.32. The van der Waals surface area contributed by atoms with Gasteiger partial charge in [0.25, 0.3) is 11.6 Å². The topological polar surface area (TPSA) is 111 Å². The lowest BCUT2D eigenvalue weighted by molar-refractivity contribution is -0.384. The lowest BCUT2D eigenvalue weighted by Gasteiger charge is -1.93. The zero-order valence-electron chi connectivity index (χ0n) is 9.48. The molecule has 2 aromatic heterocycles. The van der Waals surface area contributed by atoms with Crippen molar-refractivity contribution < 1.29 is 9.45 Å². The summed E-state index contributed by atoms with van der Waals surface area (Å²) in [5, 5.41) is 20.8. The number of aromatic nitrogens is 4. The van der Waals surface area contributed by atoms with Crippen molar-refractivity contribution in [2.75, 3.05) is 0 Å². The summed E-state index contributed by atoms with van der Waals surface area (Å²) in [6.45, 7) is 0. The molecule has 2 heterocycles. The summed E-state index contributed by atoms with van der Waals surface area (Å²) >= 11 is 0. The van der Waals surface area contributed by atoms with Gasteiger partial charge >= 0.3 is 0 Å². The van der Waals surface area contributed by atoms with Crippen LogP contribution in [0.1, 0.15) is 0 Å². The average molecular weight is 257 g/mol. The van der Waals surface area contributed by atoms with Gasteiger partial charge in [0.1, 0.15) is 0 Å². The molecule has 8 nitrogen and oxygen atoms in total. The molecule has 0 bridgehead atoms. The molecule has 0 spiro atoms. The van der Waals surface area contributed by atoms with E-state index < -0.39 is 4.92 Å². The van der Waals surface area contributed by atoms with E-state index in [1.807, 2.05) is 0 Å². The van der Waals surface area contributed by atoms with Gasteiger partial charge in [-0.25, -0.2) is 0 Å². The van der Waals surface area contributed by atoms with Crippen molar-refractivity contribution in [1.29, 1.82) is 0 Å². The second kappa shape index (κ2) is 4.33. The third-order valence-corrected chi connectivity index (χ3v) is 2.51. The van der Waals surface area contributed by atoms with Crippen molar-refractivity contribution in [2.24, 2.45) is 0 Å². The van der Waals surface area contributed by atoms with Gasteiger partial charge in [0.2, 0.25) is 5.82 Å². The molecule has 1 N–H and O–H groups in total. The Labute approximate surface area is 106 Å². The minimum Gasteiger partial charge on any atom is -0.333 e. The monoisotopic (exact) mass is 257 g/mol. The number of benzene rings is 1. The van der Waals surface area contributed by atoms with Crippen molar-refractivity contribution in [1.82, 2.24) is 20.3 Å². The molecular formula is C11H7N5O3. The maximum Gasteiger partial charge on any atom is 0.269 e. The van der Waals surface area contributed by atoms with E-state index in [2.05, 4.69) is 20.3 Å². The van der Waals surface area contributed by atoms with Crippen LogP contribution < -0.4 is 0 Å². The van der Waals surface area contributed by atoms with E-state index in [4.69, 9.17) is 4.52 Å². The smallest absolute Gasteiger partial charge is 0.269 e. The fourth-order valence-corrected chi connectivity index (χ4v) is 1.56. The summed E-state index contributed by atoms with van der Waals surface area (Å²) in [5.41, 5.74) is 1.34. The molecule has 0 fully saturated rings. The number of hydrogen-bond acceptors (Lipinski definition) is 6. The zero-order chi connectivity index (χ0) is 13.2. The van der Waals surface area contributed by atoms with Gasteiger partial charge in [0, 0.05) is 23.9 Å². The Bertz CT molecular complexity index is 702. The Morgan fingerprint density at radius 3 is 2.63 bits per heavy atom. The number of non-ortho nitro benzene ring substituents is 1. The molecule has 0 saturated heterocycles. The Morgan fingerprint density at radius 2 is 2.00 bits per heavy atom. The first-order chi connectivity index (χ1) is 9.24. The van der Waals surface area contributed by atoms with Crippen LogP contribution in [-0.4, -0.2) is 25.3 Å². The van der Waals surface area contributed by atoms with E-state index in [1.54, 1.807) is 24.5 Å². The fraction of sp³-hybridized carbons (Fsp3) is 0. The van der Waals surface area contributed by atoms with Crippen LogP contribution in [0, 0.1) is 10.1 Å². The molecule has 0 atom stereocenters. The van der Waals surface area contributed by atoms with Gasteiger partial charge in [-0.2, -0.15) is 10.1 Å². The summed E-state index contributed by atoms with van der Waals surface area (Å²) in [4.78, 5) is 14.3. The third-order valence-electron chi connectivity index (χ3n) is 2.51. The summed E-state index contributed by atoms with van der Waals surface area (Å²) < 4.78 is 5.09. The average Bonchev–Trinajstić information content (AvgIpc) is 3.10. The highest BCUT2D eigenvalue weighted by Crippen LogP contribution is 2.23. The number of H-pyrrole nitrogens is 1. The summed E-state index contributed by atoms with van der Waals surface area (Å²) in [6.07, 6.45) is 3.19. The van der Waals surface area contributed by atoms with Crippen LogP contribution in [0.4, 0.5) is 5.69 Å². The Hall–Kier alpha value is -3.03. The molecule has 3 rings (SSSR count). The molecule has 0 unspecified atom stereocenters. The molecule has 1 aromatic carbocycles. The van der Waals surface area contributed by atoms with Gasteiger partial charge in [-0.3, -0.25) is 15.2 Å². The summed E-state index contributed by atoms with van der Waals surface area (Å²) in [6, 6.07) is 5.93. The van der Waals surface area contributed by atoms with Gasteiger partial charge in [-0.1, -0.05) is 5.16 Å². The van der Waals surface area contributed by atoms with E-state index in [9.17, 15) is 10.1 Å². The van der Waals surface area contributed by atoms with Gasteiger partial charge in [0.05, 0.1) is 16.7 Å². The van der Waals surface area contributed by atoms with Crippen LogP contribution >= 0.6 is 0 Å². The predicted molar refractivity (Wildman–Crippen MR) is 64.0 cm³/mol. The minimum absolute atomic E-state index is 0.0160. The SMILES string of the molecule is O=[N+]([O-])c1ccc(-c2noc(-c3cn[nH]c3)n2)cc1. The Balaban J connectivity index is 1.92. The van der Waals surface area contributed by atoms with E-state index in [1.165, 1.54) is 12.1 Å². The summed E-state index contributed by atoms with van der Waals surface area (Å²) in [5.74, 6) is 0.702. The Kier molecular flexibility index (Phi) is 2.53. The molecule has 0 aliphatic rings. The maximum absolute atomic E-state index is 10.6. The second-order valence-electron chi connectivity index (χ2n) is 3.71. The molecular weight excluding hydrogens is 250 g/mol. The first-order valence-corrected chi connectivity index (χ1v) is 5.32. The van der Waals surface area contributed by atoms with E-state index in [0.717, 1.165) is 0 Å². The summed E-state index contributed by atoms with van der Waals surface area (Å²) in [7, 11) is 0. The molecule has 0 amide bonds. The van der Waals surface area contributed by atoms with Gasteiger partial charge in [-0.15, -0.1) is 0 Å². The number of rotatable bonds is 3. The molecule has 0 aliphatic heterocycles. The van der Waals surface area contributed by atoms with E-state index in [0.29, 0.717) is 22.8 Å². The lowest BCUT2D eigenvalue weighted by Crippen LogP contribution is -1.87. The first kappa shape index (κ1) is 11.1. The molecule has 8 heteroatoms. The number of nitrogens with one attached hydrogen (secondary N) is 1. The largest absolute Gasteiger partial charge is 0.333 e. The minimum atomic E-state index is -0.461. The maximum atomic E-state index is 10.6. The van der Waals surface area contributed by atoms with E-state index >= 15 is 0 Å². The van der Waals surface area contributed by atoms with Crippen molar-refractivity contribution >= 4 is 5.69 Å².